The van der Waals surface area contributed by atoms with Crippen LogP contribution in [0.25, 0.3) is 0 Å². The number of ether oxygens (including phenoxy) is 2. The van der Waals surface area contributed by atoms with Gasteiger partial charge in [0, 0.05) is 5.56 Å². The molecule has 4 nitrogen and oxygen atoms in total. The summed E-state index contributed by atoms with van der Waals surface area (Å²) in [6.45, 7) is 3.23. The van der Waals surface area contributed by atoms with Crippen LogP contribution >= 0.6 is 0 Å². The first-order chi connectivity index (χ1) is 9.83. The van der Waals surface area contributed by atoms with Crippen LogP contribution in [-0.4, -0.2) is 19.4 Å². The lowest BCUT2D eigenvalue weighted by Gasteiger charge is -2.19. The third-order valence-electron chi connectivity index (χ3n) is 3.10. The van der Waals surface area contributed by atoms with Crippen molar-refractivity contribution in [2.45, 2.75) is 6.92 Å². The quantitative estimate of drug-likeness (QED) is 0.686. The first-order valence-corrected chi connectivity index (χ1v) is 6.57. The predicted octanol–water partition coefficient (Wildman–Crippen LogP) is 3.21. The lowest BCUT2D eigenvalue weighted by atomic mass is 10.1. The summed E-state index contributed by atoms with van der Waals surface area (Å²) in [6.07, 6.45) is 1.79. The molecule has 1 aliphatic rings. The molecule has 0 radical (unpaired) electrons. The molecule has 0 fully saturated rings. The molecular formula is C16H16N2O2. The Morgan fingerprint density at radius 1 is 1.05 bits per heavy atom. The molecular weight excluding hydrogens is 252 g/mol. The average molecular weight is 268 g/mol. The molecule has 0 aliphatic carbocycles. The summed E-state index contributed by atoms with van der Waals surface area (Å²) in [4.78, 5) is 0. The minimum Gasteiger partial charge on any atom is -0.486 e. The van der Waals surface area contributed by atoms with E-state index in [1.54, 1.807) is 6.21 Å². The molecule has 0 unspecified atom stereocenters. The summed E-state index contributed by atoms with van der Waals surface area (Å²) < 4.78 is 11.1. The smallest absolute Gasteiger partial charge is 0.162 e. The van der Waals surface area contributed by atoms with Crippen molar-refractivity contribution >= 4 is 11.9 Å². The Morgan fingerprint density at radius 2 is 1.75 bits per heavy atom. The monoisotopic (exact) mass is 268 g/mol. The number of para-hydroxylation sites is 1. The number of aryl methyl sites for hydroxylation is 1. The van der Waals surface area contributed by atoms with E-state index in [4.69, 9.17) is 9.47 Å². The number of hydrogen-bond acceptors (Lipinski definition) is 4. The van der Waals surface area contributed by atoms with Crippen molar-refractivity contribution in [2.75, 3.05) is 18.6 Å². The summed E-state index contributed by atoms with van der Waals surface area (Å²) in [5, 5.41) is 4.25. The Labute approximate surface area is 118 Å². The van der Waals surface area contributed by atoms with Gasteiger partial charge in [0.05, 0.1) is 11.9 Å². The highest BCUT2D eigenvalue weighted by Crippen LogP contribution is 2.32. The van der Waals surface area contributed by atoms with Gasteiger partial charge in [-0.05, 0) is 36.8 Å². The van der Waals surface area contributed by atoms with E-state index in [1.807, 2.05) is 49.4 Å². The maximum absolute atomic E-state index is 5.58. The molecule has 4 heteroatoms. The van der Waals surface area contributed by atoms with Crippen molar-refractivity contribution in [1.29, 1.82) is 0 Å². The third kappa shape index (κ3) is 2.74. The summed E-state index contributed by atoms with van der Waals surface area (Å²) in [6, 6.07) is 13.8. The van der Waals surface area contributed by atoms with E-state index in [2.05, 4.69) is 10.5 Å². The van der Waals surface area contributed by atoms with Crippen LogP contribution in [0, 0.1) is 6.92 Å². The fraction of sp³-hybridized carbons (Fsp3) is 0.188. The molecule has 1 N–H and O–H groups in total. The van der Waals surface area contributed by atoms with Crippen molar-refractivity contribution in [3.05, 3.63) is 53.6 Å². The largest absolute Gasteiger partial charge is 0.486 e. The molecule has 102 valence electrons. The molecule has 0 saturated carbocycles. The van der Waals surface area contributed by atoms with E-state index in [1.165, 1.54) is 0 Å². The molecule has 2 aromatic rings. The van der Waals surface area contributed by atoms with E-state index in [9.17, 15) is 0 Å². The van der Waals surface area contributed by atoms with Crippen LogP contribution in [0.1, 0.15) is 11.1 Å². The van der Waals surface area contributed by atoms with Gasteiger partial charge in [0.2, 0.25) is 0 Å². The molecule has 20 heavy (non-hydrogen) atoms. The predicted molar refractivity (Wildman–Crippen MR) is 79.8 cm³/mol. The number of hydrazone groups is 1. The number of rotatable bonds is 3. The van der Waals surface area contributed by atoms with E-state index < -0.39 is 0 Å². The zero-order valence-corrected chi connectivity index (χ0v) is 11.3. The van der Waals surface area contributed by atoms with Crippen molar-refractivity contribution in [1.82, 2.24) is 0 Å². The molecule has 2 aromatic carbocycles. The standard InChI is InChI=1S/C16H16N2O2/c1-12-9-15-16(20-8-7-19-15)10-13(12)11-17-18-14-5-3-2-4-6-14/h2-6,9-11,18H,7-8H2,1H3. The lowest BCUT2D eigenvalue weighted by molar-refractivity contribution is 0.171. The maximum Gasteiger partial charge on any atom is 0.162 e. The van der Waals surface area contributed by atoms with E-state index in [0.29, 0.717) is 13.2 Å². The van der Waals surface area contributed by atoms with E-state index in [-0.39, 0.29) is 0 Å². The molecule has 1 aliphatic heterocycles. The Kier molecular flexibility index (Phi) is 3.54. The molecule has 3 rings (SSSR count). The second-order valence-corrected chi connectivity index (χ2v) is 4.59. The molecule has 0 atom stereocenters. The first kappa shape index (κ1) is 12.5. The first-order valence-electron chi connectivity index (χ1n) is 6.57. The Bertz CT molecular complexity index is 624. The van der Waals surface area contributed by atoms with Crippen LogP contribution in [-0.2, 0) is 0 Å². The van der Waals surface area contributed by atoms with Crippen LogP contribution in [0.5, 0.6) is 11.5 Å². The van der Waals surface area contributed by atoms with Gasteiger partial charge < -0.3 is 9.47 Å². The maximum atomic E-state index is 5.58. The number of hydrogen-bond donors (Lipinski definition) is 1. The van der Waals surface area contributed by atoms with Gasteiger partial charge >= 0.3 is 0 Å². The van der Waals surface area contributed by atoms with E-state index in [0.717, 1.165) is 28.3 Å². The van der Waals surface area contributed by atoms with Gasteiger partial charge in [0.25, 0.3) is 0 Å². The van der Waals surface area contributed by atoms with Gasteiger partial charge in [-0.1, -0.05) is 18.2 Å². The molecule has 0 aromatic heterocycles. The summed E-state index contributed by atoms with van der Waals surface area (Å²) in [7, 11) is 0. The van der Waals surface area contributed by atoms with Crippen LogP contribution in [0.15, 0.2) is 47.6 Å². The zero-order valence-electron chi connectivity index (χ0n) is 11.3. The topological polar surface area (TPSA) is 42.9 Å². The van der Waals surface area contributed by atoms with Crippen molar-refractivity contribution in [2.24, 2.45) is 5.10 Å². The summed E-state index contributed by atoms with van der Waals surface area (Å²) >= 11 is 0. The van der Waals surface area contributed by atoms with Crippen LogP contribution in [0.2, 0.25) is 0 Å². The molecule has 0 saturated heterocycles. The van der Waals surface area contributed by atoms with Gasteiger partial charge in [-0.15, -0.1) is 0 Å². The highest BCUT2D eigenvalue weighted by Gasteiger charge is 2.13. The Hall–Kier alpha value is -2.49. The van der Waals surface area contributed by atoms with Gasteiger partial charge in [0.15, 0.2) is 11.5 Å². The fourth-order valence-corrected chi connectivity index (χ4v) is 2.03. The Balaban J connectivity index is 1.77. The van der Waals surface area contributed by atoms with E-state index >= 15 is 0 Å². The molecule has 0 spiro atoms. The van der Waals surface area contributed by atoms with Gasteiger partial charge in [-0.3, -0.25) is 5.43 Å². The van der Waals surface area contributed by atoms with Gasteiger partial charge in [-0.25, -0.2) is 0 Å². The fourth-order valence-electron chi connectivity index (χ4n) is 2.03. The van der Waals surface area contributed by atoms with Gasteiger partial charge in [-0.2, -0.15) is 5.10 Å². The van der Waals surface area contributed by atoms with Crippen LogP contribution in [0.3, 0.4) is 0 Å². The van der Waals surface area contributed by atoms with Crippen molar-refractivity contribution < 1.29 is 9.47 Å². The number of fused-ring (bicyclic) bond motifs is 1. The SMILES string of the molecule is Cc1cc2c(cc1C=NNc1ccccc1)OCCO2. The number of anilines is 1. The number of benzene rings is 2. The Morgan fingerprint density at radius 3 is 2.50 bits per heavy atom. The third-order valence-corrected chi connectivity index (χ3v) is 3.10. The second kappa shape index (κ2) is 5.65. The minimum absolute atomic E-state index is 0.592. The molecule has 0 amide bonds. The van der Waals surface area contributed by atoms with Crippen molar-refractivity contribution in [3.63, 3.8) is 0 Å². The highest BCUT2D eigenvalue weighted by atomic mass is 16.6. The van der Waals surface area contributed by atoms with Crippen LogP contribution in [0.4, 0.5) is 5.69 Å². The highest BCUT2D eigenvalue weighted by molar-refractivity contribution is 5.83. The summed E-state index contributed by atoms with van der Waals surface area (Å²) in [5.41, 5.74) is 6.07. The number of nitrogens with zero attached hydrogens (tertiary/aromatic N) is 1. The summed E-state index contributed by atoms with van der Waals surface area (Å²) in [5.74, 6) is 1.59. The minimum atomic E-state index is 0.592. The molecule has 1 heterocycles. The zero-order chi connectivity index (χ0) is 13.8. The average Bonchev–Trinajstić information content (AvgIpc) is 2.49. The van der Waals surface area contributed by atoms with Crippen molar-refractivity contribution in [3.8, 4) is 11.5 Å². The lowest BCUT2D eigenvalue weighted by Crippen LogP contribution is -2.15. The number of nitrogens with one attached hydrogen (secondary N) is 1. The normalized spacial score (nSPS) is 13.4. The van der Waals surface area contributed by atoms with Crippen LogP contribution < -0.4 is 14.9 Å². The molecule has 0 bridgehead atoms. The van der Waals surface area contributed by atoms with Gasteiger partial charge in [0.1, 0.15) is 13.2 Å². The second-order valence-electron chi connectivity index (χ2n) is 4.59.